The highest BCUT2D eigenvalue weighted by Gasteiger charge is 2.09. The maximum absolute atomic E-state index is 1.55. The van der Waals surface area contributed by atoms with Crippen molar-refractivity contribution in [3.63, 3.8) is 0 Å². The Balaban J connectivity index is 2.08. The van der Waals surface area contributed by atoms with E-state index in [0.717, 1.165) is 0 Å². The van der Waals surface area contributed by atoms with Gasteiger partial charge in [-0.2, -0.15) is 0 Å². The second kappa shape index (κ2) is 1.13. The molecule has 0 aliphatic heterocycles. The Bertz CT molecular complexity index is 30.6. The normalized spacial score (nSPS) is 26.4. The van der Waals surface area contributed by atoms with Gasteiger partial charge in [-0.05, 0) is 0 Å². The lowest BCUT2D eigenvalue weighted by molar-refractivity contribution is 0.504. The van der Waals surface area contributed by atoms with Crippen molar-refractivity contribution in [2.24, 2.45) is 0 Å². The molecule has 0 nitrogen and oxygen atoms in total. The predicted molar refractivity (Wildman–Crippen MR) is 27.5 cm³/mol. The summed E-state index contributed by atoms with van der Waals surface area (Å²) in [7, 11) is 1.46. The van der Waals surface area contributed by atoms with Gasteiger partial charge in [-0.25, -0.2) is 0 Å². The minimum atomic E-state index is 1.20. The van der Waals surface area contributed by atoms with Gasteiger partial charge < -0.3 is 0 Å². The zero-order valence-corrected chi connectivity index (χ0v) is 5.70. The molecule has 0 bridgehead atoms. The molecule has 30 valence electrons. The fourth-order valence-electron chi connectivity index (χ4n) is 0.612. The quantitative estimate of drug-likeness (QED) is 0.373. The molecule has 0 N–H and O–H groups in total. The second-order valence-electron chi connectivity index (χ2n) is 2.04. The van der Waals surface area contributed by atoms with Crippen LogP contribution in [0, 0.1) is 0 Å². The average molecular weight is 86.2 g/mol. The first-order valence-corrected chi connectivity index (χ1v) is 3.55. The van der Waals surface area contributed by atoms with Crippen LogP contribution in [-0.2, 0) is 0 Å². The summed E-state index contributed by atoms with van der Waals surface area (Å²) in [6.07, 6.45) is 4.62. The highest BCUT2D eigenvalue weighted by molar-refractivity contribution is 6.12. The van der Waals surface area contributed by atoms with Crippen molar-refractivity contribution in [2.75, 3.05) is 0 Å². The fourth-order valence-corrected chi connectivity index (χ4v) is 1.43. The molecule has 1 heteroatoms. The van der Waals surface area contributed by atoms with Gasteiger partial charge in [0.25, 0.3) is 0 Å². The van der Waals surface area contributed by atoms with Gasteiger partial charge in [-0.15, -0.1) is 0 Å². The summed E-state index contributed by atoms with van der Waals surface area (Å²) >= 11 is 0. The van der Waals surface area contributed by atoms with Crippen LogP contribution in [-0.4, -0.2) is 10.2 Å². The van der Waals surface area contributed by atoms with Crippen molar-refractivity contribution in [3.05, 3.63) is 0 Å². The third-order valence-corrected chi connectivity index (χ3v) is 2.55. The van der Waals surface area contributed by atoms with Gasteiger partial charge in [0, 0.05) is 10.2 Å². The van der Waals surface area contributed by atoms with Crippen molar-refractivity contribution < 1.29 is 0 Å². The fraction of sp³-hybridized carbons (Fsp3) is 1.00. The van der Waals surface area contributed by atoms with E-state index in [4.69, 9.17) is 0 Å². The Morgan fingerprint density at radius 1 is 1.40 bits per heavy atom. The first-order valence-electron chi connectivity index (χ1n) is 2.39. The Hall–Kier alpha value is 0.217. The van der Waals surface area contributed by atoms with Crippen molar-refractivity contribution in [3.8, 4) is 0 Å². The lowest BCUT2D eigenvalue weighted by atomic mass is 10.00. The van der Waals surface area contributed by atoms with Crippen LogP contribution in [0.1, 0.15) is 19.3 Å². The maximum atomic E-state index is 1.55. The predicted octanol–water partition coefficient (Wildman–Crippen LogP) is 0.324. The summed E-state index contributed by atoms with van der Waals surface area (Å²) in [5.74, 6) is 0. The van der Waals surface area contributed by atoms with Crippen LogP contribution in [0.25, 0.3) is 0 Å². The van der Waals surface area contributed by atoms with E-state index in [9.17, 15) is 0 Å². The van der Waals surface area contributed by atoms with E-state index >= 15 is 0 Å². The summed E-state index contributed by atoms with van der Waals surface area (Å²) in [5.41, 5.74) is 1.20. The second-order valence-corrected chi connectivity index (χ2v) is 3.67. The molecule has 0 unspecified atom stereocenters. The zero-order chi connectivity index (χ0) is 3.70. The van der Waals surface area contributed by atoms with E-state index in [1.807, 2.05) is 0 Å². The highest BCUT2D eigenvalue weighted by Crippen LogP contribution is 2.27. The molecular weight excluding hydrogens is 76.1 g/mol. The van der Waals surface area contributed by atoms with Crippen molar-refractivity contribution in [1.29, 1.82) is 0 Å². The highest BCUT2D eigenvalue weighted by atomic mass is 28.1. The van der Waals surface area contributed by atoms with Gasteiger partial charge in [0.15, 0.2) is 0 Å². The van der Waals surface area contributed by atoms with Gasteiger partial charge >= 0.3 is 0 Å². The van der Waals surface area contributed by atoms with Crippen LogP contribution in [0.3, 0.4) is 0 Å². The molecule has 1 saturated carbocycles. The topological polar surface area (TPSA) is 0 Å². The van der Waals surface area contributed by atoms with Gasteiger partial charge in [-0.1, -0.05) is 24.8 Å². The third-order valence-electron chi connectivity index (χ3n) is 1.39. The van der Waals surface area contributed by atoms with E-state index in [0.29, 0.717) is 0 Å². The molecule has 0 saturated heterocycles. The SMILES string of the molecule is [SiH3]C1CCC1. The molecule has 0 aromatic carbocycles. The molecule has 0 aromatic heterocycles. The first kappa shape index (κ1) is 3.41. The molecule has 0 amide bonds. The van der Waals surface area contributed by atoms with Crippen LogP contribution in [0.5, 0.6) is 0 Å². The molecule has 0 heterocycles. The van der Waals surface area contributed by atoms with Crippen LogP contribution in [0.15, 0.2) is 0 Å². The van der Waals surface area contributed by atoms with Crippen LogP contribution in [0.2, 0.25) is 5.54 Å². The molecule has 1 rings (SSSR count). The molecular formula is C4H10Si. The molecule has 5 heavy (non-hydrogen) atoms. The number of hydrogen-bond acceptors (Lipinski definition) is 0. The van der Waals surface area contributed by atoms with E-state index < -0.39 is 0 Å². The smallest absolute Gasteiger partial charge is 0.00672 e. The Morgan fingerprint density at radius 3 is 1.80 bits per heavy atom. The summed E-state index contributed by atoms with van der Waals surface area (Å²) in [4.78, 5) is 0. The molecule has 0 radical (unpaired) electrons. The number of rotatable bonds is 0. The summed E-state index contributed by atoms with van der Waals surface area (Å²) in [6, 6.07) is 0. The van der Waals surface area contributed by atoms with Crippen molar-refractivity contribution in [2.45, 2.75) is 24.8 Å². The lowest BCUT2D eigenvalue weighted by Gasteiger charge is -2.18. The standard InChI is InChI=1S/C4H10Si/c5-4-2-1-3-4/h4H,1-3H2,5H3. The van der Waals surface area contributed by atoms with Gasteiger partial charge in [0.1, 0.15) is 0 Å². The molecule has 0 spiro atoms. The minimum Gasteiger partial charge on any atom is -0.0546 e. The Labute approximate surface area is 36.0 Å². The van der Waals surface area contributed by atoms with E-state index in [1.54, 1.807) is 12.8 Å². The lowest BCUT2D eigenvalue weighted by Crippen LogP contribution is -2.02. The molecule has 0 atom stereocenters. The number of hydrogen-bond donors (Lipinski definition) is 0. The maximum Gasteiger partial charge on any atom is 0.00672 e. The molecule has 1 aliphatic carbocycles. The van der Waals surface area contributed by atoms with E-state index in [1.165, 1.54) is 22.2 Å². The Morgan fingerprint density at radius 2 is 1.80 bits per heavy atom. The van der Waals surface area contributed by atoms with Crippen LogP contribution >= 0.6 is 0 Å². The van der Waals surface area contributed by atoms with E-state index in [2.05, 4.69) is 0 Å². The summed E-state index contributed by atoms with van der Waals surface area (Å²) < 4.78 is 0. The van der Waals surface area contributed by atoms with Crippen molar-refractivity contribution >= 4 is 10.2 Å². The molecule has 1 aliphatic rings. The van der Waals surface area contributed by atoms with Gasteiger partial charge in [0.2, 0.25) is 0 Å². The molecule has 0 aromatic rings. The van der Waals surface area contributed by atoms with Gasteiger partial charge in [-0.3, -0.25) is 0 Å². The average Bonchev–Trinajstić information content (AvgIpc) is 1.30. The largest absolute Gasteiger partial charge is 0.0546 e. The zero-order valence-electron chi connectivity index (χ0n) is 3.70. The van der Waals surface area contributed by atoms with E-state index in [-0.39, 0.29) is 0 Å². The van der Waals surface area contributed by atoms with Crippen molar-refractivity contribution in [1.82, 2.24) is 0 Å². The first-order chi connectivity index (χ1) is 2.39. The monoisotopic (exact) mass is 86.1 g/mol. The summed E-state index contributed by atoms with van der Waals surface area (Å²) in [5, 5.41) is 0. The van der Waals surface area contributed by atoms with Gasteiger partial charge in [0.05, 0.1) is 0 Å². The minimum absolute atomic E-state index is 1.20. The third kappa shape index (κ3) is 0.536. The van der Waals surface area contributed by atoms with Crippen LogP contribution in [0.4, 0.5) is 0 Å². The molecule has 1 fully saturated rings. The summed E-state index contributed by atoms with van der Waals surface area (Å²) in [6.45, 7) is 0. The van der Waals surface area contributed by atoms with Crippen LogP contribution < -0.4 is 0 Å². The Kier molecular flexibility index (Phi) is 0.770.